The molecule has 2 amide bonds. The molecule has 1 unspecified atom stereocenters. The van der Waals surface area contributed by atoms with Crippen molar-refractivity contribution in [1.29, 1.82) is 0 Å². The number of hydrogen-bond donors (Lipinski definition) is 1. The zero-order valence-corrected chi connectivity index (χ0v) is 14.8. The van der Waals surface area contributed by atoms with Crippen LogP contribution in [0.3, 0.4) is 0 Å². The van der Waals surface area contributed by atoms with Gasteiger partial charge in [0.15, 0.2) is 0 Å². The molecule has 25 heavy (non-hydrogen) atoms. The Morgan fingerprint density at radius 1 is 1.36 bits per heavy atom. The molecule has 1 aliphatic heterocycles. The Labute approximate surface area is 150 Å². The third kappa shape index (κ3) is 4.61. The maximum atomic E-state index is 12.4. The highest BCUT2D eigenvalue weighted by Gasteiger charge is 2.34. The Bertz CT molecular complexity index is 735. The van der Waals surface area contributed by atoms with Gasteiger partial charge in [0.05, 0.1) is 5.92 Å². The number of rotatable bonds is 7. The quantitative estimate of drug-likeness (QED) is 0.813. The molecule has 1 aromatic heterocycles. The van der Waals surface area contributed by atoms with Crippen molar-refractivity contribution in [3.05, 3.63) is 40.9 Å². The van der Waals surface area contributed by atoms with Crippen LogP contribution < -0.4 is 5.32 Å². The smallest absolute Gasteiger partial charge is 0.231 e. The molecule has 2 aromatic rings. The number of amides is 2. The van der Waals surface area contributed by atoms with Crippen LogP contribution >= 0.6 is 11.3 Å². The van der Waals surface area contributed by atoms with Crippen LogP contribution in [0, 0.1) is 5.92 Å². The van der Waals surface area contributed by atoms with Crippen molar-refractivity contribution in [1.82, 2.24) is 15.1 Å². The number of methoxy groups -OCH3 is 1. The lowest BCUT2D eigenvalue weighted by Gasteiger charge is -2.16. The van der Waals surface area contributed by atoms with E-state index in [1.807, 2.05) is 30.3 Å². The van der Waals surface area contributed by atoms with E-state index in [0.717, 1.165) is 6.42 Å². The molecule has 0 aliphatic carbocycles. The van der Waals surface area contributed by atoms with E-state index in [1.54, 1.807) is 12.0 Å². The number of likely N-dealkylation sites (tertiary alicyclic amines) is 1. The predicted molar refractivity (Wildman–Crippen MR) is 94.1 cm³/mol. The largest absolute Gasteiger partial charge is 0.377 e. The van der Waals surface area contributed by atoms with Gasteiger partial charge in [-0.15, -0.1) is 10.2 Å². The number of anilines is 1. The molecule has 7 nitrogen and oxygen atoms in total. The molecule has 1 aliphatic rings. The Morgan fingerprint density at radius 3 is 2.92 bits per heavy atom. The summed E-state index contributed by atoms with van der Waals surface area (Å²) in [6, 6.07) is 10.0. The van der Waals surface area contributed by atoms with Crippen molar-refractivity contribution in [3.63, 3.8) is 0 Å². The lowest BCUT2D eigenvalue weighted by molar-refractivity contribution is -0.128. The van der Waals surface area contributed by atoms with Gasteiger partial charge in [-0.3, -0.25) is 9.59 Å². The summed E-state index contributed by atoms with van der Waals surface area (Å²) in [7, 11) is 1.58. The molecule has 1 atom stereocenters. The third-order valence-corrected chi connectivity index (χ3v) is 4.88. The van der Waals surface area contributed by atoms with Gasteiger partial charge in [-0.2, -0.15) is 0 Å². The Kier molecular flexibility index (Phi) is 5.72. The minimum Gasteiger partial charge on any atom is -0.377 e. The first-order valence-electron chi connectivity index (χ1n) is 8.09. The topological polar surface area (TPSA) is 84.4 Å². The van der Waals surface area contributed by atoms with Gasteiger partial charge in [0.25, 0.3) is 0 Å². The standard InChI is InChI=1S/C17H20N4O3S/c1-24-11-14-19-20-17(25-14)18-16(23)13-9-15(22)21(10-13)8-7-12-5-3-2-4-6-12/h2-6,13H,7-11H2,1H3,(H,18,20,23). The van der Waals surface area contributed by atoms with Crippen molar-refractivity contribution in [2.75, 3.05) is 25.5 Å². The van der Waals surface area contributed by atoms with Gasteiger partial charge in [0, 0.05) is 26.6 Å². The number of aromatic nitrogens is 2. The zero-order chi connectivity index (χ0) is 17.6. The number of nitrogens with zero attached hydrogens (tertiary/aromatic N) is 3. The molecular formula is C17H20N4O3S. The molecule has 8 heteroatoms. The van der Waals surface area contributed by atoms with E-state index >= 15 is 0 Å². The van der Waals surface area contributed by atoms with Crippen LogP contribution in [0.15, 0.2) is 30.3 Å². The van der Waals surface area contributed by atoms with Crippen LogP contribution in [-0.4, -0.2) is 47.1 Å². The monoisotopic (exact) mass is 360 g/mol. The van der Waals surface area contributed by atoms with Crippen molar-refractivity contribution >= 4 is 28.3 Å². The molecule has 1 aromatic carbocycles. The summed E-state index contributed by atoms with van der Waals surface area (Å²) in [5.41, 5.74) is 1.18. The molecule has 0 bridgehead atoms. The van der Waals surface area contributed by atoms with Gasteiger partial charge in [-0.25, -0.2) is 0 Å². The van der Waals surface area contributed by atoms with Crippen LogP contribution in [0.25, 0.3) is 0 Å². The molecule has 0 radical (unpaired) electrons. The van der Waals surface area contributed by atoms with Gasteiger partial charge in [0.1, 0.15) is 11.6 Å². The molecule has 1 N–H and O–H groups in total. The second kappa shape index (κ2) is 8.17. The molecule has 132 valence electrons. The Morgan fingerprint density at radius 2 is 2.16 bits per heavy atom. The lowest BCUT2D eigenvalue weighted by Crippen LogP contribution is -2.30. The number of hydrogen-bond acceptors (Lipinski definition) is 6. The predicted octanol–water partition coefficient (Wildman–Crippen LogP) is 1.71. The number of benzene rings is 1. The summed E-state index contributed by atoms with van der Waals surface area (Å²) in [6.07, 6.45) is 1.03. The fourth-order valence-electron chi connectivity index (χ4n) is 2.77. The van der Waals surface area contributed by atoms with Crippen molar-refractivity contribution in [3.8, 4) is 0 Å². The second-order valence-electron chi connectivity index (χ2n) is 5.90. The summed E-state index contributed by atoms with van der Waals surface area (Å²) in [5, 5.41) is 11.7. The minimum atomic E-state index is -0.349. The average Bonchev–Trinajstić information content (AvgIpc) is 3.21. The molecule has 2 heterocycles. The highest BCUT2D eigenvalue weighted by molar-refractivity contribution is 7.15. The summed E-state index contributed by atoms with van der Waals surface area (Å²) >= 11 is 1.28. The summed E-state index contributed by atoms with van der Waals surface area (Å²) in [6.45, 7) is 1.44. The first kappa shape index (κ1) is 17.5. The van der Waals surface area contributed by atoms with Gasteiger partial charge < -0.3 is 15.0 Å². The van der Waals surface area contributed by atoms with E-state index in [2.05, 4.69) is 15.5 Å². The second-order valence-corrected chi connectivity index (χ2v) is 6.96. The van der Waals surface area contributed by atoms with Crippen LogP contribution in [0.4, 0.5) is 5.13 Å². The normalized spacial score (nSPS) is 17.1. The molecule has 0 spiro atoms. The summed E-state index contributed by atoms with van der Waals surface area (Å²) < 4.78 is 4.98. The fourth-order valence-corrected chi connectivity index (χ4v) is 3.48. The molecule has 1 fully saturated rings. The van der Waals surface area contributed by atoms with E-state index in [9.17, 15) is 9.59 Å². The van der Waals surface area contributed by atoms with Crippen LogP contribution in [0.1, 0.15) is 17.0 Å². The highest BCUT2D eigenvalue weighted by atomic mass is 32.1. The SMILES string of the molecule is COCc1nnc(NC(=O)C2CC(=O)N(CCc3ccccc3)C2)s1. The number of ether oxygens (including phenoxy) is 1. The maximum Gasteiger partial charge on any atom is 0.231 e. The highest BCUT2D eigenvalue weighted by Crippen LogP contribution is 2.22. The number of carbonyl (C=O) groups is 2. The van der Waals surface area contributed by atoms with Crippen LogP contribution in [-0.2, 0) is 27.4 Å². The van der Waals surface area contributed by atoms with Crippen molar-refractivity contribution < 1.29 is 14.3 Å². The van der Waals surface area contributed by atoms with Crippen molar-refractivity contribution in [2.45, 2.75) is 19.4 Å². The van der Waals surface area contributed by atoms with Crippen LogP contribution in [0.5, 0.6) is 0 Å². The Balaban J connectivity index is 1.51. The van der Waals surface area contributed by atoms with E-state index in [4.69, 9.17) is 4.74 Å². The van der Waals surface area contributed by atoms with E-state index < -0.39 is 0 Å². The van der Waals surface area contributed by atoms with Gasteiger partial charge in [-0.05, 0) is 12.0 Å². The number of carbonyl (C=O) groups excluding carboxylic acids is 2. The summed E-state index contributed by atoms with van der Waals surface area (Å²) in [4.78, 5) is 26.3. The third-order valence-electron chi connectivity index (χ3n) is 4.06. The maximum absolute atomic E-state index is 12.4. The van der Waals surface area contributed by atoms with Crippen LogP contribution in [0.2, 0.25) is 0 Å². The van der Waals surface area contributed by atoms with Crippen molar-refractivity contribution in [2.24, 2.45) is 5.92 Å². The van der Waals surface area contributed by atoms with E-state index in [-0.39, 0.29) is 24.2 Å². The average molecular weight is 360 g/mol. The van der Waals surface area contributed by atoms with Gasteiger partial charge in [-0.1, -0.05) is 41.7 Å². The minimum absolute atomic E-state index is 0.0217. The van der Waals surface area contributed by atoms with E-state index in [0.29, 0.717) is 29.8 Å². The van der Waals surface area contributed by atoms with Gasteiger partial charge >= 0.3 is 0 Å². The molecule has 3 rings (SSSR count). The first-order chi connectivity index (χ1) is 12.2. The van der Waals surface area contributed by atoms with E-state index in [1.165, 1.54) is 16.9 Å². The Hall–Kier alpha value is -2.32. The summed E-state index contributed by atoms with van der Waals surface area (Å²) in [5.74, 6) is -0.512. The fraction of sp³-hybridized carbons (Fsp3) is 0.412. The molecule has 1 saturated heterocycles. The number of nitrogens with one attached hydrogen (secondary N) is 1. The molecule has 0 saturated carbocycles. The zero-order valence-electron chi connectivity index (χ0n) is 14.0. The van der Waals surface area contributed by atoms with Gasteiger partial charge in [0.2, 0.25) is 16.9 Å². The molecular weight excluding hydrogens is 340 g/mol. The first-order valence-corrected chi connectivity index (χ1v) is 8.91. The lowest BCUT2D eigenvalue weighted by atomic mass is 10.1.